The SMILES string of the molecule is CCn1ncc(Cl)c1C(CCC(F)(F)F)NN. The molecular formula is C9H14ClF3N4. The van der Waals surface area contributed by atoms with Crippen molar-refractivity contribution in [3.8, 4) is 0 Å². The van der Waals surface area contributed by atoms with Crippen LogP contribution >= 0.6 is 11.6 Å². The first-order valence-corrected chi connectivity index (χ1v) is 5.51. The fourth-order valence-electron chi connectivity index (χ4n) is 1.58. The average molecular weight is 271 g/mol. The minimum absolute atomic E-state index is 0.175. The van der Waals surface area contributed by atoms with Gasteiger partial charge in [0.25, 0.3) is 0 Å². The average Bonchev–Trinajstić information content (AvgIpc) is 2.60. The van der Waals surface area contributed by atoms with Gasteiger partial charge in [0.15, 0.2) is 0 Å². The number of aryl methyl sites for hydroxylation is 1. The standard InChI is InChI=1S/C9H14ClF3N4/c1-2-17-8(6(10)5-15-17)7(16-14)3-4-9(11,12)13/h5,7,16H,2-4,14H2,1H3. The number of nitrogens with two attached hydrogens (primary N) is 1. The highest BCUT2D eigenvalue weighted by Crippen LogP contribution is 2.30. The summed E-state index contributed by atoms with van der Waals surface area (Å²) in [5.41, 5.74) is 2.83. The molecule has 0 amide bonds. The van der Waals surface area contributed by atoms with Crippen molar-refractivity contribution in [1.82, 2.24) is 15.2 Å². The zero-order chi connectivity index (χ0) is 13.1. The highest BCUT2D eigenvalue weighted by Gasteiger charge is 2.30. The molecule has 0 radical (unpaired) electrons. The van der Waals surface area contributed by atoms with Crippen LogP contribution in [0, 0.1) is 0 Å². The molecule has 0 aliphatic rings. The lowest BCUT2D eigenvalue weighted by Crippen LogP contribution is -2.31. The lowest BCUT2D eigenvalue weighted by molar-refractivity contribution is -0.136. The van der Waals surface area contributed by atoms with Gasteiger partial charge in [-0.25, -0.2) is 0 Å². The Bertz CT molecular complexity index is 364. The van der Waals surface area contributed by atoms with Crippen LogP contribution in [0.2, 0.25) is 5.02 Å². The van der Waals surface area contributed by atoms with Crippen molar-refractivity contribution in [2.75, 3.05) is 0 Å². The van der Waals surface area contributed by atoms with Gasteiger partial charge in [-0.3, -0.25) is 16.0 Å². The van der Waals surface area contributed by atoms with Crippen molar-refractivity contribution in [3.05, 3.63) is 16.9 Å². The van der Waals surface area contributed by atoms with Crippen molar-refractivity contribution in [2.24, 2.45) is 5.84 Å². The van der Waals surface area contributed by atoms with Crippen molar-refractivity contribution in [1.29, 1.82) is 0 Å². The minimum atomic E-state index is -4.21. The Kier molecular flexibility index (Phi) is 4.79. The topological polar surface area (TPSA) is 55.9 Å². The van der Waals surface area contributed by atoms with Gasteiger partial charge in [0.1, 0.15) is 0 Å². The maximum absolute atomic E-state index is 12.2. The first-order valence-electron chi connectivity index (χ1n) is 5.13. The molecule has 0 aromatic carbocycles. The van der Waals surface area contributed by atoms with E-state index in [9.17, 15) is 13.2 Å². The highest BCUT2D eigenvalue weighted by molar-refractivity contribution is 6.31. The Labute approximate surface area is 102 Å². The molecule has 98 valence electrons. The summed E-state index contributed by atoms with van der Waals surface area (Å²) in [5, 5.41) is 4.27. The van der Waals surface area contributed by atoms with Crippen LogP contribution in [-0.2, 0) is 6.54 Å². The van der Waals surface area contributed by atoms with Crippen LogP contribution in [0.5, 0.6) is 0 Å². The largest absolute Gasteiger partial charge is 0.389 e. The first kappa shape index (κ1) is 14.3. The van der Waals surface area contributed by atoms with E-state index in [1.807, 2.05) is 6.92 Å². The fourth-order valence-corrected chi connectivity index (χ4v) is 1.85. The Morgan fingerprint density at radius 3 is 2.71 bits per heavy atom. The van der Waals surface area contributed by atoms with Gasteiger partial charge in [-0.05, 0) is 13.3 Å². The van der Waals surface area contributed by atoms with Crippen LogP contribution in [0.1, 0.15) is 31.5 Å². The second-order valence-electron chi connectivity index (χ2n) is 3.57. The number of hydrogen-bond donors (Lipinski definition) is 2. The maximum Gasteiger partial charge on any atom is 0.389 e. The molecule has 3 N–H and O–H groups in total. The summed E-state index contributed by atoms with van der Waals surface area (Å²) in [4.78, 5) is 0. The molecule has 0 aliphatic heterocycles. The van der Waals surface area contributed by atoms with Crippen LogP contribution in [0.4, 0.5) is 13.2 Å². The molecule has 0 saturated carbocycles. The van der Waals surface area contributed by atoms with Crippen molar-refractivity contribution >= 4 is 11.6 Å². The second-order valence-corrected chi connectivity index (χ2v) is 3.97. The zero-order valence-corrected chi connectivity index (χ0v) is 10.0. The number of halogens is 4. The molecule has 1 heterocycles. The monoisotopic (exact) mass is 270 g/mol. The van der Waals surface area contributed by atoms with Crippen LogP contribution in [0.25, 0.3) is 0 Å². The van der Waals surface area contributed by atoms with Gasteiger partial charge in [-0.15, -0.1) is 0 Å². The number of aromatic nitrogens is 2. The molecular weight excluding hydrogens is 257 g/mol. The van der Waals surface area contributed by atoms with Gasteiger partial charge in [-0.1, -0.05) is 11.6 Å². The predicted molar refractivity (Wildman–Crippen MR) is 58.3 cm³/mol. The molecule has 0 spiro atoms. The minimum Gasteiger partial charge on any atom is -0.271 e. The fraction of sp³-hybridized carbons (Fsp3) is 0.667. The predicted octanol–water partition coefficient (Wildman–Crippen LogP) is 2.40. The second kappa shape index (κ2) is 5.70. The van der Waals surface area contributed by atoms with E-state index in [4.69, 9.17) is 17.4 Å². The van der Waals surface area contributed by atoms with Crippen LogP contribution < -0.4 is 11.3 Å². The Morgan fingerprint density at radius 1 is 1.59 bits per heavy atom. The van der Waals surface area contributed by atoms with E-state index in [-0.39, 0.29) is 6.42 Å². The van der Waals surface area contributed by atoms with E-state index in [1.54, 1.807) is 0 Å². The molecule has 1 rings (SSSR count). The quantitative estimate of drug-likeness (QED) is 0.638. The van der Waals surface area contributed by atoms with Crippen molar-refractivity contribution < 1.29 is 13.2 Å². The molecule has 1 aromatic rings. The van der Waals surface area contributed by atoms with Crippen molar-refractivity contribution in [3.63, 3.8) is 0 Å². The van der Waals surface area contributed by atoms with E-state index in [0.717, 1.165) is 0 Å². The number of hydrazine groups is 1. The van der Waals surface area contributed by atoms with Crippen LogP contribution in [0.3, 0.4) is 0 Å². The van der Waals surface area contributed by atoms with E-state index >= 15 is 0 Å². The summed E-state index contributed by atoms with van der Waals surface area (Å²) in [6.45, 7) is 2.34. The summed E-state index contributed by atoms with van der Waals surface area (Å²) in [6, 6.07) is -0.661. The Balaban J connectivity index is 2.82. The van der Waals surface area contributed by atoms with E-state index < -0.39 is 18.6 Å². The molecule has 0 bridgehead atoms. The lowest BCUT2D eigenvalue weighted by atomic mass is 10.1. The van der Waals surface area contributed by atoms with E-state index in [0.29, 0.717) is 17.3 Å². The van der Waals surface area contributed by atoms with E-state index in [2.05, 4.69) is 10.5 Å². The van der Waals surface area contributed by atoms with Gasteiger partial charge >= 0.3 is 6.18 Å². The molecule has 0 saturated heterocycles. The molecule has 17 heavy (non-hydrogen) atoms. The Hall–Kier alpha value is -0.790. The Morgan fingerprint density at radius 2 is 2.24 bits per heavy atom. The first-order chi connectivity index (χ1) is 7.89. The number of hydrogen-bond acceptors (Lipinski definition) is 3. The summed E-state index contributed by atoms with van der Waals surface area (Å²) >= 11 is 5.89. The van der Waals surface area contributed by atoms with E-state index in [1.165, 1.54) is 10.9 Å². The van der Waals surface area contributed by atoms with Crippen LogP contribution in [0.15, 0.2) is 6.20 Å². The van der Waals surface area contributed by atoms with Crippen LogP contribution in [-0.4, -0.2) is 16.0 Å². The van der Waals surface area contributed by atoms with Gasteiger partial charge in [0, 0.05) is 13.0 Å². The third-order valence-corrected chi connectivity index (χ3v) is 2.67. The van der Waals surface area contributed by atoms with Gasteiger partial charge < -0.3 is 0 Å². The maximum atomic E-state index is 12.2. The number of nitrogens with one attached hydrogen (secondary N) is 1. The highest BCUT2D eigenvalue weighted by atomic mass is 35.5. The van der Waals surface area contributed by atoms with Gasteiger partial charge in [0.05, 0.1) is 23.0 Å². The summed E-state index contributed by atoms with van der Waals surface area (Å²) in [5.74, 6) is 5.27. The summed E-state index contributed by atoms with van der Waals surface area (Å²) < 4.78 is 38.0. The van der Waals surface area contributed by atoms with Gasteiger partial charge in [-0.2, -0.15) is 18.3 Å². The smallest absolute Gasteiger partial charge is 0.271 e. The normalized spacial score (nSPS) is 14.0. The zero-order valence-electron chi connectivity index (χ0n) is 9.26. The molecule has 4 nitrogen and oxygen atoms in total. The molecule has 8 heteroatoms. The molecule has 1 unspecified atom stereocenters. The number of rotatable bonds is 5. The third kappa shape index (κ3) is 3.86. The number of alkyl halides is 3. The molecule has 0 aliphatic carbocycles. The lowest BCUT2D eigenvalue weighted by Gasteiger charge is -2.18. The molecule has 1 aromatic heterocycles. The number of nitrogens with zero attached hydrogens (tertiary/aromatic N) is 2. The molecule has 0 fully saturated rings. The summed E-state index contributed by atoms with van der Waals surface area (Å²) in [6.07, 6.45) is -3.91. The molecule has 1 atom stereocenters. The van der Waals surface area contributed by atoms with Gasteiger partial charge in [0.2, 0.25) is 0 Å². The third-order valence-electron chi connectivity index (χ3n) is 2.38. The summed E-state index contributed by atoms with van der Waals surface area (Å²) in [7, 11) is 0. The van der Waals surface area contributed by atoms with Crippen molar-refractivity contribution in [2.45, 2.75) is 38.5 Å².